The average molecular weight is 225 g/mol. The number of aromatic amines is 1. The predicted octanol–water partition coefficient (Wildman–Crippen LogP) is 1.64. The van der Waals surface area contributed by atoms with E-state index >= 15 is 0 Å². The molecule has 1 aliphatic carbocycles. The third kappa shape index (κ3) is 2.18. The van der Waals surface area contributed by atoms with Crippen molar-refractivity contribution in [1.29, 1.82) is 0 Å². The van der Waals surface area contributed by atoms with Gasteiger partial charge < -0.3 is 9.63 Å². The van der Waals surface area contributed by atoms with E-state index in [0.717, 1.165) is 31.4 Å². The first kappa shape index (κ1) is 11.0. The minimum atomic E-state index is -0.891. The summed E-state index contributed by atoms with van der Waals surface area (Å²) in [5, 5.41) is 11.3. The van der Waals surface area contributed by atoms with Gasteiger partial charge in [-0.05, 0) is 19.3 Å². The number of carbonyl (C=O) groups is 1. The lowest BCUT2D eigenvalue weighted by atomic mass is 9.98. The Bertz CT molecular complexity index is 425. The van der Waals surface area contributed by atoms with Crippen molar-refractivity contribution in [2.24, 2.45) is 0 Å². The van der Waals surface area contributed by atoms with E-state index in [-0.39, 0.29) is 12.8 Å². The molecule has 0 saturated heterocycles. The highest BCUT2D eigenvalue weighted by Gasteiger charge is 2.24. The number of H-pyrrole nitrogens is 1. The fraction of sp³-hybridized carbons (Fsp3) is 0.636. The second-order valence-corrected chi connectivity index (χ2v) is 4.26. The van der Waals surface area contributed by atoms with Crippen LogP contribution in [-0.4, -0.2) is 16.2 Å². The second-order valence-electron chi connectivity index (χ2n) is 4.26. The maximum Gasteiger partial charge on any atom is 0.360 e. The largest absolute Gasteiger partial charge is 0.481 e. The Balaban J connectivity index is 2.18. The lowest BCUT2D eigenvalue weighted by Gasteiger charge is -2.06. The fourth-order valence-corrected chi connectivity index (χ4v) is 2.35. The van der Waals surface area contributed by atoms with E-state index in [0.29, 0.717) is 11.5 Å². The maximum atomic E-state index is 11.4. The number of aliphatic carboxylic acids is 1. The first-order chi connectivity index (χ1) is 7.68. The summed E-state index contributed by atoms with van der Waals surface area (Å²) < 4.78 is 4.77. The SMILES string of the molecule is O=C(O)CCc1c(C2CCCC2)[nH]oc1=O. The number of rotatable bonds is 4. The van der Waals surface area contributed by atoms with Gasteiger partial charge >= 0.3 is 11.6 Å². The third-order valence-corrected chi connectivity index (χ3v) is 3.18. The third-order valence-electron chi connectivity index (χ3n) is 3.18. The van der Waals surface area contributed by atoms with Crippen molar-refractivity contribution in [3.05, 3.63) is 21.7 Å². The number of hydrogen-bond donors (Lipinski definition) is 2. The molecule has 1 aromatic rings. The van der Waals surface area contributed by atoms with Gasteiger partial charge in [0.25, 0.3) is 0 Å². The van der Waals surface area contributed by atoms with Gasteiger partial charge in [0.1, 0.15) is 0 Å². The van der Waals surface area contributed by atoms with E-state index in [1.54, 1.807) is 0 Å². The molecule has 0 unspecified atom stereocenters. The number of carboxylic acid groups (broad SMARTS) is 1. The predicted molar refractivity (Wildman–Crippen MR) is 56.5 cm³/mol. The molecule has 1 heterocycles. The quantitative estimate of drug-likeness (QED) is 0.815. The Morgan fingerprint density at radius 1 is 1.44 bits per heavy atom. The lowest BCUT2D eigenvalue weighted by Crippen LogP contribution is -2.09. The molecule has 0 atom stereocenters. The van der Waals surface area contributed by atoms with Gasteiger partial charge in [-0.25, -0.2) is 9.95 Å². The summed E-state index contributed by atoms with van der Waals surface area (Å²) in [6.07, 6.45) is 4.66. The van der Waals surface area contributed by atoms with Gasteiger partial charge in [0, 0.05) is 12.3 Å². The Hall–Kier alpha value is -1.52. The van der Waals surface area contributed by atoms with Crippen LogP contribution in [0, 0.1) is 0 Å². The van der Waals surface area contributed by atoms with Crippen LogP contribution in [0.2, 0.25) is 0 Å². The van der Waals surface area contributed by atoms with Gasteiger partial charge in [0.15, 0.2) is 0 Å². The van der Waals surface area contributed by atoms with Gasteiger partial charge in [0.2, 0.25) is 0 Å². The molecule has 16 heavy (non-hydrogen) atoms. The highest BCUT2D eigenvalue weighted by atomic mass is 16.5. The number of aromatic nitrogens is 1. The van der Waals surface area contributed by atoms with Crippen LogP contribution in [0.5, 0.6) is 0 Å². The molecule has 5 heteroatoms. The standard InChI is InChI=1S/C11H15NO4/c13-9(14)6-5-8-10(12-16-11(8)15)7-3-1-2-4-7/h7,12H,1-6H2,(H,13,14). The van der Waals surface area contributed by atoms with Gasteiger partial charge in [-0.15, -0.1) is 0 Å². The minimum absolute atomic E-state index is 0.0255. The molecule has 2 N–H and O–H groups in total. The van der Waals surface area contributed by atoms with Crippen LogP contribution in [0.1, 0.15) is 49.3 Å². The van der Waals surface area contributed by atoms with Crippen molar-refractivity contribution in [3.8, 4) is 0 Å². The monoisotopic (exact) mass is 225 g/mol. The van der Waals surface area contributed by atoms with Crippen molar-refractivity contribution in [2.75, 3.05) is 0 Å². The zero-order valence-electron chi connectivity index (χ0n) is 8.99. The highest BCUT2D eigenvalue weighted by molar-refractivity contribution is 5.67. The van der Waals surface area contributed by atoms with Crippen LogP contribution < -0.4 is 5.63 Å². The summed E-state index contributed by atoms with van der Waals surface area (Å²) in [4.78, 5) is 21.9. The van der Waals surface area contributed by atoms with Gasteiger partial charge in [-0.1, -0.05) is 12.8 Å². The van der Waals surface area contributed by atoms with Crippen LogP contribution >= 0.6 is 0 Å². The Kier molecular flexibility index (Phi) is 3.12. The molecule has 0 aliphatic heterocycles. The van der Waals surface area contributed by atoms with Crippen LogP contribution in [0.25, 0.3) is 0 Å². The summed E-state index contributed by atoms with van der Waals surface area (Å²) in [5.74, 6) is -0.548. The molecule has 88 valence electrons. The van der Waals surface area contributed by atoms with E-state index in [2.05, 4.69) is 5.16 Å². The second kappa shape index (κ2) is 4.55. The molecule has 1 saturated carbocycles. The molecule has 0 aromatic carbocycles. The Labute approximate surface area is 92.4 Å². The van der Waals surface area contributed by atoms with Crippen molar-refractivity contribution in [2.45, 2.75) is 44.4 Å². The zero-order chi connectivity index (χ0) is 11.5. The van der Waals surface area contributed by atoms with Crippen molar-refractivity contribution < 1.29 is 14.4 Å². The molecule has 1 fully saturated rings. The summed E-state index contributed by atoms with van der Waals surface area (Å²) in [6.45, 7) is 0. The summed E-state index contributed by atoms with van der Waals surface area (Å²) in [5.41, 5.74) is 0.932. The molecule has 0 spiro atoms. The first-order valence-corrected chi connectivity index (χ1v) is 5.60. The van der Waals surface area contributed by atoms with E-state index in [9.17, 15) is 9.59 Å². The average Bonchev–Trinajstić information content (AvgIpc) is 2.83. The van der Waals surface area contributed by atoms with E-state index in [1.807, 2.05) is 0 Å². The molecule has 0 bridgehead atoms. The van der Waals surface area contributed by atoms with E-state index in [1.165, 1.54) is 0 Å². The molecule has 1 aliphatic rings. The molecule has 5 nitrogen and oxygen atoms in total. The van der Waals surface area contributed by atoms with Crippen LogP contribution in [0.3, 0.4) is 0 Å². The molecular weight excluding hydrogens is 210 g/mol. The molecule has 0 radical (unpaired) electrons. The van der Waals surface area contributed by atoms with Gasteiger partial charge in [0.05, 0.1) is 11.3 Å². The summed E-state index contributed by atoms with van der Waals surface area (Å²) in [7, 11) is 0. The van der Waals surface area contributed by atoms with Crippen molar-refractivity contribution in [3.63, 3.8) is 0 Å². The van der Waals surface area contributed by atoms with Crippen LogP contribution in [0.15, 0.2) is 9.32 Å². The lowest BCUT2D eigenvalue weighted by molar-refractivity contribution is -0.136. The number of carboxylic acids is 1. The smallest absolute Gasteiger partial charge is 0.360 e. The van der Waals surface area contributed by atoms with Crippen LogP contribution in [0.4, 0.5) is 0 Å². The van der Waals surface area contributed by atoms with Crippen molar-refractivity contribution in [1.82, 2.24) is 5.16 Å². The van der Waals surface area contributed by atoms with Crippen LogP contribution in [-0.2, 0) is 11.2 Å². The summed E-state index contributed by atoms with van der Waals surface area (Å²) >= 11 is 0. The van der Waals surface area contributed by atoms with E-state index < -0.39 is 11.6 Å². The molecule has 1 aromatic heterocycles. The Morgan fingerprint density at radius 3 is 2.75 bits per heavy atom. The Morgan fingerprint density at radius 2 is 2.12 bits per heavy atom. The molecule has 2 rings (SSSR count). The number of nitrogens with one attached hydrogen (secondary N) is 1. The first-order valence-electron chi connectivity index (χ1n) is 5.60. The van der Waals surface area contributed by atoms with Crippen molar-refractivity contribution >= 4 is 5.97 Å². The highest BCUT2D eigenvalue weighted by Crippen LogP contribution is 2.34. The van der Waals surface area contributed by atoms with Gasteiger partial charge in [-0.2, -0.15) is 0 Å². The fourth-order valence-electron chi connectivity index (χ4n) is 2.35. The minimum Gasteiger partial charge on any atom is -0.481 e. The zero-order valence-corrected chi connectivity index (χ0v) is 8.99. The van der Waals surface area contributed by atoms with Gasteiger partial charge in [-0.3, -0.25) is 4.79 Å². The molecule has 0 amide bonds. The topological polar surface area (TPSA) is 83.3 Å². The molecular formula is C11H15NO4. The number of hydrogen-bond acceptors (Lipinski definition) is 3. The summed E-state index contributed by atoms with van der Waals surface area (Å²) in [6, 6.07) is 0. The maximum absolute atomic E-state index is 11.4. The van der Waals surface area contributed by atoms with E-state index in [4.69, 9.17) is 9.63 Å². The normalized spacial score (nSPS) is 16.8.